The highest BCUT2D eigenvalue weighted by atomic mass is 16.2. The molecule has 3 aromatic rings. The molecule has 2 amide bonds. The standard InChI is InChI=1S/C24H28N6O3/c1-23(2,3)30-13-15-11-24(12-18(31)19(15)28-30)6-8-29(9-7-24)22(33)14-4-5-17-16(10-14)20(21(25)32)27-26-17/h4-5,10,13H,6-9,11-12H2,1-3H3,(H2,25,32)(H,26,27). The Hall–Kier alpha value is -3.49. The summed E-state index contributed by atoms with van der Waals surface area (Å²) >= 11 is 0. The molecule has 9 nitrogen and oxygen atoms in total. The SMILES string of the molecule is CC(C)(C)n1cc2c(n1)C(=O)CC1(CCN(C(=O)c3ccc4[nH]nc(C(N)=O)c4c3)CC1)C2. The molecule has 5 rings (SSSR count). The monoisotopic (exact) mass is 448 g/mol. The summed E-state index contributed by atoms with van der Waals surface area (Å²) in [4.78, 5) is 39.6. The molecule has 0 radical (unpaired) electrons. The van der Waals surface area contributed by atoms with Gasteiger partial charge in [0.25, 0.3) is 11.8 Å². The lowest BCUT2D eigenvalue weighted by Crippen LogP contribution is -2.46. The predicted octanol–water partition coefficient (Wildman–Crippen LogP) is 2.66. The lowest BCUT2D eigenvalue weighted by molar-refractivity contribution is 0.0519. The van der Waals surface area contributed by atoms with Crippen LogP contribution in [0.25, 0.3) is 10.9 Å². The Kier molecular flexibility index (Phi) is 4.70. The molecular weight excluding hydrogens is 420 g/mol. The number of benzene rings is 1. The molecule has 0 atom stereocenters. The van der Waals surface area contributed by atoms with E-state index in [0.29, 0.717) is 41.7 Å². The van der Waals surface area contributed by atoms with Gasteiger partial charge in [0, 0.05) is 42.2 Å². The molecule has 1 fully saturated rings. The molecule has 1 aliphatic heterocycles. The number of aromatic amines is 1. The highest BCUT2D eigenvalue weighted by Gasteiger charge is 2.43. The van der Waals surface area contributed by atoms with E-state index >= 15 is 0 Å². The molecule has 3 N–H and O–H groups in total. The number of H-pyrrole nitrogens is 1. The summed E-state index contributed by atoms with van der Waals surface area (Å²) in [5, 5.41) is 11.8. The summed E-state index contributed by atoms with van der Waals surface area (Å²) in [7, 11) is 0. The molecule has 1 saturated heterocycles. The molecular formula is C24H28N6O3. The van der Waals surface area contributed by atoms with Gasteiger partial charge in [0.1, 0.15) is 5.69 Å². The number of aromatic nitrogens is 4. The van der Waals surface area contributed by atoms with E-state index in [1.165, 1.54) is 0 Å². The topological polar surface area (TPSA) is 127 Å². The Morgan fingerprint density at radius 2 is 1.88 bits per heavy atom. The number of hydrogen-bond acceptors (Lipinski definition) is 5. The largest absolute Gasteiger partial charge is 0.364 e. The summed E-state index contributed by atoms with van der Waals surface area (Å²) in [6.07, 6.45) is 4.85. The summed E-state index contributed by atoms with van der Waals surface area (Å²) in [5.74, 6) is -0.628. The van der Waals surface area contributed by atoms with E-state index in [4.69, 9.17) is 5.73 Å². The van der Waals surface area contributed by atoms with Crippen LogP contribution in [0.15, 0.2) is 24.4 Å². The maximum Gasteiger partial charge on any atom is 0.269 e. The first kappa shape index (κ1) is 21.4. The lowest BCUT2D eigenvalue weighted by Gasteiger charge is -2.43. The van der Waals surface area contributed by atoms with Crippen molar-refractivity contribution in [1.29, 1.82) is 0 Å². The summed E-state index contributed by atoms with van der Waals surface area (Å²) in [6.45, 7) is 7.39. The Balaban J connectivity index is 1.33. The second-order valence-electron chi connectivity index (χ2n) is 10.4. The van der Waals surface area contributed by atoms with E-state index in [0.717, 1.165) is 24.8 Å². The van der Waals surface area contributed by atoms with Gasteiger partial charge < -0.3 is 10.6 Å². The van der Waals surface area contributed by atoms with Crippen LogP contribution in [-0.4, -0.2) is 55.6 Å². The quantitative estimate of drug-likeness (QED) is 0.623. The number of Topliss-reactive ketones (excluding diaryl/α,β-unsaturated/α-hetero) is 1. The van der Waals surface area contributed by atoms with Crippen LogP contribution in [0.5, 0.6) is 0 Å². The number of amides is 2. The smallest absolute Gasteiger partial charge is 0.269 e. The van der Waals surface area contributed by atoms with Crippen molar-refractivity contribution in [3.05, 3.63) is 46.9 Å². The van der Waals surface area contributed by atoms with Gasteiger partial charge in [-0.3, -0.25) is 24.2 Å². The number of primary amides is 1. The fraction of sp³-hybridized carbons (Fsp3) is 0.458. The van der Waals surface area contributed by atoms with Crippen LogP contribution in [-0.2, 0) is 12.0 Å². The van der Waals surface area contributed by atoms with E-state index in [1.54, 1.807) is 18.2 Å². The molecule has 1 spiro atoms. The number of nitrogens with one attached hydrogen (secondary N) is 1. The maximum atomic E-state index is 13.2. The molecule has 2 aliphatic rings. The van der Waals surface area contributed by atoms with Crippen LogP contribution in [0.4, 0.5) is 0 Å². The van der Waals surface area contributed by atoms with Gasteiger partial charge in [-0.15, -0.1) is 0 Å². The van der Waals surface area contributed by atoms with Gasteiger partial charge in [-0.2, -0.15) is 10.2 Å². The lowest BCUT2D eigenvalue weighted by atomic mass is 9.67. The molecule has 3 heterocycles. The number of nitrogens with zero attached hydrogens (tertiary/aromatic N) is 4. The average molecular weight is 449 g/mol. The molecule has 0 saturated carbocycles. The second-order valence-corrected chi connectivity index (χ2v) is 10.4. The number of likely N-dealkylation sites (tertiary alicyclic amines) is 1. The van der Waals surface area contributed by atoms with E-state index < -0.39 is 5.91 Å². The third kappa shape index (κ3) is 3.61. The van der Waals surface area contributed by atoms with Gasteiger partial charge in [0.15, 0.2) is 11.5 Å². The number of piperidine rings is 1. The second kappa shape index (κ2) is 7.26. The molecule has 2 aromatic heterocycles. The van der Waals surface area contributed by atoms with Crippen LogP contribution in [0.3, 0.4) is 0 Å². The fourth-order valence-electron chi connectivity index (χ4n) is 5.06. The highest BCUT2D eigenvalue weighted by molar-refractivity contribution is 6.06. The third-order valence-corrected chi connectivity index (χ3v) is 7.00. The highest BCUT2D eigenvalue weighted by Crippen LogP contribution is 2.43. The molecule has 9 heteroatoms. The van der Waals surface area contributed by atoms with Gasteiger partial charge >= 0.3 is 0 Å². The number of carbonyl (C=O) groups is 3. The van der Waals surface area contributed by atoms with Crippen molar-refractivity contribution in [1.82, 2.24) is 24.9 Å². The van der Waals surface area contributed by atoms with Crippen LogP contribution in [0.1, 0.15) is 76.9 Å². The number of nitrogens with two attached hydrogens (primary N) is 1. The Morgan fingerprint density at radius 1 is 1.15 bits per heavy atom. The Bertz CT molecular complexity index is 1290. The van der Waals surface area contributed by atoms with E-state index in [-0.39, 0.29) is 28.3 Å². The first-order chi connectivity index (χ1) is 15.6. The van der Waals surface area contributed by atoms with Crippen LogP contribution in [0, 0.1) is 5.41 Å². The number of ketones is 1. The van der Waals surface area contributed by atoms with Crippen molar-refractivity contribution in [2.24, 2.45) is 11.1 Å². The molecule has 1 aliphatic carbocycles. The van der Waals surface area contributed by atoms with Crippen molar-refractivity contribution < 1.29 is 14.4 Å². The van der Waals surface area contributed by atoms with E-state index in [9.17, 15) is 14.4 Å². The minimum Gasteiger partial charge on any atom is -0.364 e. The maximum absolute atomic E-state index is 13.2. The van der Waals surface area contributed by atoms with Crippen molar-refractivity contribution in [3.63, 3.8) is 0 Å². The first-order valence-electron chi connectivity index (χ1n) is 11.3. The average Bonchev–Trinajstić information content (AvgIpc) is 3.37. The van der Waals surface area contributed by atoms with E-state index in [2.05, 4.69) is 36.1 Å². The molecule has 0 unspecified atom stereocenters. The summed E-state index contributed by atoms with van der Waals surface area (Å²) < 4.78 is 1.89. The van der Waals surface area contributed by atoms with Crippen molar-refractivity contribution in [2.75, 3.05) is 13.1 Å². The van der Waals surface area contributed by atoms with Gasteiger partial charge in [-0.05, 0) is 63.6 Å². The van der Waals surface area contributed by atoms with E-state index in [1.807, 2.05) is 15.8 Å². The van der Waals surface area contributed by atoms with Crippen molar-refractivity contribution in [3.8, 4) is 0 Å². The predicted molar refractivity (Wildman–Crippen MR) is 122 cm³/mol. The molecule has 0 bridgehead atoms. The van der Waals surface area contributed by atoms with Crippen molar-refractivity contribution >= 4 is 28.5 Å². The zero-order valence-electron chi connectivity index (χ0n) is 19.1. The Labute approximate surface area is 191 Å². The van der Waals surface area contributed by atoms with Crippen LogP contribution < -0.4 is 5.73 Å². The molecule has 1 aromatic carbocycles. The minimum atomic E-state index is -0.637. The summed E-state index contributed by atoms with van der Waals surface area (Å²) in [5.41, 5.74) is 8.00. The fourth-order valence-corrected chi connectivity index (χ4v) is 5.06. The number of rotatable bonds is 2. The van der Waals surface area contributed by atoms with Gasteiger partial charge in [-0.25, -0.2) is 0 Å². The van der Waals surface area contributed by atoms with Gasteiger partial charge in [0.05, 0.1) is 11.1 Å². The third-order valence-electron chi connectivity index (χ3n) is 7.00. The Morgan fingerprint density at radius 3 is 2.55 bits per heavy atom. The van der Waals surface area contributed by atoms with Crippen LogP contribution >= 0.6 is 0 Å². The van der Waals surface area contributed by atoms with Gasteiger partial charge in [0.2, 0.25) is 0 Å². The van der Waals surface area contributed by atoms with Crippen molar-refractivity contribution in [2.45, 2.75) is 52.0 Å². The summed E-state index contributed by atoms with van der Waals surface area (Å²) in [6, 6.07) is 5.14. The minimum absolute atomic E-state index is 0.0910. The zero-order valence-corrected chi connectivity index (χ0v) is 19.1. The van der Waals surface area contributed by atoms with Crippen LogP contribution in [0.2, 0.25) is 0 Å². The molecule has 172 valence electrons. The zero-order chi connectivity index (χ0) is 23.5. The molecule has 33 heavy (non-hydrogen) atoms. The number of carbonyl (C=O) groups excluding carboxylic acids is 3. The number of hydrogen-bond donors (Lipinski definition) is 2. The first-order valence-corrected chi connectivity index (χ1v) is 11.3. The van der Waals surface area contributed by atoms with Gasteiger partial charge in [-0.1, -0.05) is 0 Å². The normalized spacial score (nSPS) is 18.0. The number of fused-ring (bicyclic) bond motifs is 2.